The summed E-state index contributed by atoms with van der Waals surface area (Å²) in [4.78, 5) is 7.33. The topological polar surface area (TPSA) is 29.3 Å². The molecule has 0 aliphatic rings. The number of oxazole rings is 1. The Morgan fingerprint density at radius 2 is 0.821 bits per heavy atom. The molecule has 0 aliphatic carbocycles. The van der Waals surface area contributed by atoms with E-state index in [-0.39, 0.29) is 0 Å². The van der Waals surface area contributed by atoms with E-state index in [9.17, 15) is 0 Å². The van der Waals surface area contributed by atoms with Gasteiger partial charge in [0.1, 0.15) is 5.52 Å². The maximum absolute atomic E-state index is 6.25. The fourth-order valence-electron chi connectivity index (χ4n) is 7.69. The summed E-state index contributed by atoms with van der Waals surface area (Å²) in [6.07, 6.45) is 0. The van der Waals surface area contributed by atoms with Crippen molar-refractivity contribution in [3.63, 3.8) is 0 Å². The van der Waals surface area contributed by atoms with Gasteiger partial charge in [-0.3, -0.25) is 0 Å². The molecule has 3 nitrogen and oxygen atoms in total. The minimum Gasteiger partial charge on any atom is -0.436 e. The second-order valence-electron chi connectivity index (χ2n) is 14.0. The predicted molar refractivity (Wildman–Crippen MR) is 233 cm³/mol. The van der Waals surface area contributed by atoms with Crippen LogP contribution in [-0.2, 0) is 0 Å². The second-order valence-corrected chi connectivity index (χ2v) is 14.0. The zero-order valence-electron chi connectivity index (χ0n) is 30.6. The largest absolute Gasteiger partial charge is 0.436 e. The first-order chi connectivity index (χ1) is 27.7. The van der Waals surface area contributed by atoms with E-state index in [0.29, 0.717) is 5.89 Å². The van der Waals surface area contributed by atoms with Crippen LogP contribution in [0.15, 0.2) is 223 Å². The Hall–Kier alpha value is -7.49. The van der Waals surface area contributed by atoms with Crippen molar-refractivity contribution in [1.29, 1.82) is 0 Å². The van der Waals surface area contributed by atoms with E-state index >= 15 is 0 Å². The highest BCUT2D eigenvalue weighted by atomic mass is 16.3. The summed E-state index contributed by atoms with van der Waals surface area (Å²) < 4.78 is 6.25. The lowest BCUT2D eigenvalue weighted by molar-refractivity contribution is 0.620. The van der Waals surface area contributed by atoms with E-state index in [4.69, 9.17) is 9.40 Å². The number of nitrogens with zero attached hydrogens (tertiary/aromatic N) is 2. The highest BCUT2D eigenvalue weighted by molar-refractivity contribution is 6.11. The van der Waals surface area contributed by atoms with Gasteiger partial charge in [-0.1, -0.05) is 164 Å². The Morgan fingerprint density at radius 1 is 0.339 bits per heavy atom. The fourth-order valence-corrected chi connectivity index (χ4v) is 7.69. The maximum atomic E-state index is 6.25. The van der Waals surface area contributed by atoms with E-state index in [1.165, 1.54) is 22.3 Å². The van der Waals surface area contributed by atoms with Gasteiger partial charge in [0.2, 0.25) is 5.89 Å². The predicted octanol–water partition coefficient (Wildman–Crippen LogP) is 14.8. The van der Waals surface area contributed by atoms with Gasteiger partial charge in [0, 0.05) is 28.0 Å². The van der Waals surface area contributed by atoms with E-state index in [1.807, 2.05) is 36.4 Å². The Labute approximate surface area is 326 Å². The van der Waals surface area contributed by atoms with Gasteiger partial charge >= 0.3 is 0 Å². The van der Waals surface area contributed by atoms with Gasteiger partial charge in [0.05, 0.1) is 0 Å². The molecule has 0 aliphatic heterocycles. The molecule has 0 bridgehead atoms. The summed E-state index contributed by atoms with van der Waals surface area (Å²) in [6.45, 7) is 0. The summed E-state index contributed by atoms with van der Waals surface area (Å²) in [7, 11) is 0. The summed E-state index contributed by atoms with van der Waals surface area (Å²) in [5.41, 5.74) is 15.3. The molecule has 1 heterocycles. The smallest absolute Gasteiger partial charge is 0.227 e. The van der Waals surface area contributed by atoms with Crippen molar-refractivity contribution in [1.82, 2.24) is 4.98 Å². The molecule has 0 fully saturated rings. The van der Waals surface area contributed by atoms with Crippen LogP contribution in [0, 0.1) is 0 Å². The van der Waals surface area contributed by atoms with E-state index in [2.05, 4.69) is 187 Å². The second kappa shape index (κ2) is 14.4. The zero-order chi connectivity index (χ0) is 37.3. The minimum atomic E-state index is 0.633. The van der Waals surface area contributed by atoms with Crippen molar-refractivity contribution in [2.24, 2.45) is 0 Å². The van der Waals surface area contributed by atoms with Crippen LogP contribution in [0.1, 0.15) is 0 Å². The lowest BCUT2D eigenvalue weighted by atomic mass is 9.95. The van der Waals surface area contributed by atoms with Gasteiger partial charge in [0.25, 0.3) is 0 Å². The number of hydrogen-bond donors (Lipinski definition) is 0. The molecule has 10 rings (SSSR count). The van der Waals surface area contributed by atoms with E-state index in [1.54, 1.807) is 0 Å². The molecule has 0 spiro atoms. The summed E-state index contributed by atoms with van der Waals surface area (Å²) >= 11 is 0. The monoisotopic (exact) mass is 716 g/mol. The summed E-state index contributed by atoms with van der Waals surface area (Å²) in [5.74, 6) is 0.633. The first-order valence-electron chi connectivity index (χ1n) is 18.9. The molecule has 0 saturated heterocycles. The first-order valence-corrected chi connectivity index (χ1v) is 18.9. The third-order valence-electron chi connectivity index (χ3n) is 10.5. The lowest BCUT2D eigenvalue weighted by Crippen LogP contribution is -2.10. The Morgan fingerprint density at radius 3 is 1.43 bits per heavy atom. The molecule has 9 aromatic carbocycles. The molecule has 0 N–H and O–H groups in total. The quantitative estimate of drug-likeness (QED) is 0.157. The molecule has 0 amide bonds. The molecule has 0 radical (unpaired) electrons. The third kappa shape index (κ3) is 6.31. The van der Waals surface area contributed by atoms with Crippen LogP contribution in [0.5, 0.6) is 0 Å². The molecule has 0 saturated carbocycles. The molecule has 56 heavy (non-hydrogen) atoms. The number of hydrogen-bond acceptors (Lipinski definition) is 3. The van der Waals surface area contributed by atoms with Gasteiger partial charge in [-0.05, 0) is 104 Å². The van der Waals surface area contributed by atoms with Gasteiger partial charge in [-0.25, -0.2) is 4.98 Å². The molecule has 3 heteroatoms. The number of benzene rings is 9. The van der Waals surface area contributed by atoms with E-state index < -0.39 is 0 Å². The summed E-state index contributed by atoms with van der Waals surface area (Å²) in [5, 5.41) is 2.23. The normalized spacial score (nSPS) is 11.2. The van der Waals surface area contributed by atoms with Crippen LogP contribution in [-0.4, -0.2) is 4.98 Å². The molecule has 264 valence electrons. The van der Waals surface area contributed by atoms with Gasteiger partial charge in [-0.2, -0.15) is 0 Å². The Balaban J connectivity index is 0.988. The van der Waals surface area contributed by atoms with Crippen LogP contribution in [0.25, 0.3) is 77.8 Å². The number of fused-ring (bicyclic) bond motifs is 3. The molecule has 0 atom stereocenters. The highest BCUT2D eigenvalue weighted by Gasteiger charge is 2.16. The third-order valence-corrected chi connectivity index (χ3v) is 10.5. The minimum absolute atomic E-state index is 0.633. The molecule has 0 unspecified atom stereocenters. The molecule has 10 aromatic rings. The van der Waals surface area contributed by atoms with Crippen LogP contribution in [0.3, 0.4) is 0 Å². The number of rotatable bonds is 8. The standard InChI is InChI=1S/C53H36N2O/c1-4-12-37(13-5-1)40-26-31-46(32-27-40)55(48-20-10-19-45(36-48)38-14-6-2-7-15-38)47-33-28-41(29-34-47)39-22-24-42(25-23-39)49-21-11-18-43-30-35-50-52(51(43)49)54-53(56-50)44-16-8-3-9-17-44/h1-36H. The molecule has 1 aromatic heterocycles. The van der Waals surface area contributed by atoms with Crippen molar-refractivity contribution >= 4 is 38.9 Å². The van der Waals surface area contributed by atoms with Crippen molar-refractivity contribution in [3.8, 4) is 56.0 Å². The van der Waals surface area contributed by atoms with Crippen LogP contribution in [0.4, 0.5) is 17.1 Å². The summed E-state index contributed by atoms with van der Waals surface area (Å²) in [6, 6.07) is 77.1. The van der Waals surface area contributed by atoms with Gasteiger partial charge < -0.3 is 9.32 Å². The fraction of sp³-hybridized carbons (Fsp3) is 0. The van der Waals surface area contributed by atoms with Crippen molar-refractivity contribution in [3.05, 3.63) is 218 Å². The van der Waals surface area contributed by atoms with Crippen molar-refractivity contribution in [2.75, 3.05) is 4.90 Å². The van der Waals surface area contributed by atoms with Crippen LogP contribution < -0.4 is 4.90 Å². The number of aromatic nitrogens is 1. The average Bonchev–Trinajstić information content (AvgIpc) is 3.73. The maximum Gasteiger partial charge on any atom is 0.227 e. The van der Waals surface area contributed by atoms with Crippen LogP contribution in [0.2, 0.25) is 0 Å². The first kappa shape index (κ1) is 33.1. The van der Waals surface area contributed by atoms with Gasteiger partial charge in [-0.15, -0.1) is 0 Å². The molecular formula is C53H36N2O. The average molecular weight is 717 g/mol. The van der Waals surface area contributed by atoms with Crippen molar-refractivity contribution in [2.45, 2.75) is 0 Å². The SMILES string of the molecule is c1ccc(-c2ccc(N(c3ccc(-c4ccc(-c5cccc6ccc7oc(-c8ccccc8)nc7c56)cc4)cc3)c3cccc(-c4ccccc4)c3)cc2)cc1. The van der Waals surface area contributed by atoms with Gasteiger partial charge in [0.15, 0.2) is 5.58 Å². The number of anilines is 3. The zero-order valence-corrected chi connectivity index (χ0v) is 30.6. The van der Waals surface area contributed by atoms with E-state index in [0.717, 1.165) is 66.8 Å². The Bertz CT molecular complexity index is 2920. The highest BCUT2D eigenvalue weighted by Crippen LogP contribution is 2.40. The Kier molecular flexibility index (Phi) is 8.51. The molecular weight excluding hydrogens is 681 g/mol. The van der Waals surface area contributed by atoms with Crippen molar-refractivity contribution < 1.29 is 4.42 Å². The van der Waals surface area contributed by atoms with Crippen LogP contribution >= 0.6 is 0 Å². The lowest BCUT2D eigenvalue weighted by Gasteiger charge is -2.26.